The summed E-state index contributed by atoms with van der Waals surface area (Å²) in [5.41, 5.74) is 1.73. The largest absolute Gasteiger partial charge is 0.351 e. The number of fused-ring (bicyclic) bond motifs is 1. The molecule has 20 heavy (non-hydrogen) atoms. The molecule has 1 amide bonds. The monoisotopic (exact) mass is 272 g/mol. The third-order valence-corrected chi connectivity index (χ3v) is 4.17. The van der Waals surface area contributed by atoms with E-state index in [0.29, 0.717) is 12.0 Å². The lowest BCUT2D eigenvalue weighted by atomic mass is 9.86. The molecule has 1 aliphatic rings. The van der Waals surface area contributed by atoms with Crippen molar-refractivity contribution in [1.29, 1.82) is 0 Å². The van der Waals surface area contributed by atoms with Gasteiger partial charge in [-0.1, -0.05) is 37.1 Å². The number of rotatable bonds is 3. The van der Waals surface area contributed by atoms with Crippen molar-refractivity contribution in [3.63, 3.8) is 0 Å². The van der Waals surface area contributed by atoms with E-state index in [0.717, 1.165) is 17.5 Å². The smallest absolute Gasteiger partial charge is 0.242 e. The van der Waals surface area contributed by atoms with Crippen LogP contribution in [0.25, 0.3) is 11.0 Å². The Morgan fingerprint density at radius 1 is 1.35 bits per heavy atom. The molecule has 1 saturated carbocycles. The van der Waals surface area contributed by atoms with Crippen LogP contribution in [0.1, 0.15) is 32.6 Å². The molecule has 106 valence electrons. The molecule has 0 saturated heterocycles. The van der Waals surface area contributed by atoms with Gasteiger partial charge in [0.15, 0.2) is 0 Å². The van der Waals surface area contributed by atoms with Crippen molar-refractivity contribution in [3.05, 3.63) is 24.3 Å². The molecule has 1 aromatic carbocycles. The zero-order valence-corrected chi connectivity index (χ0v) is 11.7. The first kappa shape index (κ1) is 13.1. The molecule has 1 heterocycles. The molecule has 1 N–H and O–H groups in total. The average molecular weight is 272 g/mol. The normalized spacial score (nSPS) is 22.9. The van der Waals surface area contributed by atoms with Gasteiger partial charge in [0, 0.05) is 6.04 Å². The lowest BCUT2D eigenvalue weighted by Gasteiger charge is -2.29. The van der Waals surface area contributed by atoms with Crippen molar-refractivity contribution in [2.45, 2.75) is 45.2 Å². The molecule has 0 bridgehead atoms. The van der Waals surface area contributed by atoms with Crippen LogP contribution in [-0.4, -0.2) is 26.9 Å². The molecule has 5 heteroatoms. The molecule has 1 fully saturated rings. The van der Waals surface area contributed by atoms with Crippen molar-refractivity contribution in [2.75, 3.05) is 0 Å². The standard InChI is InChI=1S/C15H20N4O/c1-11-6-2-3-7-12(11)16-15(20)10-19-14-9-5-4-8-13(14)17-18-19/h4-5,8-9,11-12H,2-3,6-7,10H2,1H3,(H,16,20)/t11-,12-/m1/s1. The number of nitrogens with zero attached hydrogens (tertiary/aromatic N) is 3. The first-order chi connectivity index (χ1) is 9.74. The van der Waals surface area contributed by atoms with Crippen molar-refractivity contribution >= 4 is 16.9 Å². The van der Waals surface area contributed by atoms with Gasteiger partial charge in [0.25, 0.3) is 0 Å². The van der Waals surface area contributed by atoms with Crippen LogP contribution in [0.4, 0.5) is 0 Å². The Hall–Kier alpha value is -1.91. The Balaban J connectivity index is 1.66. The van der Waals surface area contributed by atoms with Gasteiger partial charge in [0.2, 0.25) is 5.91 Å². The molecule has 2 atom stereocenters. The number of amides is 1. The van der Waals surface area contributed by atoms with E-state index in [4.69, 9.17) is 0 Å². The van der Waals surface area contributed by atoms with Crippen LogP contribution in [0.3, 0.4) is 0 Å². The fourth-order valence-corrected chi connectivity index (χ4v) is 2.95. The number of para-hydroxylation sites is 1. The minimum Gasteiger partial charge on any atom is -0.351 e. The summed E-state index contributed by atoms with van der Waals surface area (Å²) in [5, 5.41) is 11.3. The Morgan fingerprint density at radius 3 is 3.00 bits per heavy atom. The summed E-state index contributed by atoms with van der Waals surface area (Å²) in [7, 11) is 0. The second kappa shape index (κ2) is 5.61. The van der Waals surface area contributed by atoms with Gasteiger partial charge in [-0.15, -0.1) is 5.10 Å². The Kier molecular flexibility index (Phi) is 3.67. The number of nitrogens with one attached hydrogen (secondary N) is 1. The third kappa shape index (κ3) is 2.66. The molecule has 3 rings (SSSR count). The van der Waals surface area contributed by atoms with Gasteiger partial charge in [0.05, 0.1) is 5.52 Å². The zero-order valence-electron chi connectivity index (χ0n) is 11.7. The van der Waals surface area contributed by atoms with Crippen molar-refractivity contribution in [2.24, 2.45) is 5.92 Å². The highest BCUT2D eigenvalue weighted by atomic mass is 16.2. The molecular formula is C15H20N4O. The number of carbonyl (C=O) groups excluding carboxylic acids is 1. The minimum absolute atomic E-state index is 0.0272. The number of aromatic nitrogens is 3. The predicted molar refractivity (Wildman–Crippen MR) is 77.1 cm³/mol. The maximum Gasteiger partial charge on any atom is 0.242 e. The van der Waals surface area contributed by atoms with E-state index in [9.17, 15) is 4.79 Å². The fourth-order valence-electron chi connectivity index (χ4n) is 2.95. The van der Waals surface area contributed by atoms with Gasteiger partial charge in [0.1, 0.15) is 12.1 Å². The number of hydrogen-bond acceptors (Lipinski definition) is 3. The summed E-state index contributed by atoms with van der Waals surface area (Å²) in [6, 6.07) is 8.01. The SMILES string of the molecule is C[C@@H]1CCCC[C@H]1NC(=O)Cn1nnc2ccccc21. The number of carbonyl (C=O) groups is 1. The molecule has 1 aliphatic carbocycles. The van der Waals surface area contributed by atoms with Gasteiger partial charge in [-0.2, -0.15) is 0 Å². The number of hydrogen-bond donors (Lipinski definition) is 1. The molecule has 1 aromatic heterocycles. The van der Waals surface area contributed by atoms with Crippen molar-refractivity contribution in [3.8, 4) is 0 Å². The molecule has 0 unspecified atom stereocenters. The summed E-state index contributed by atoms with van der Waals surface area (Å²) in [4.78, 5) is 12.2. The van der Waals surface area contributed by atoms with E-state index in [-0.39, 0.29) is 12.5 Å². The van der Waals surface area contributed by atoms with E-state index >= 15 is 0 Å². The van der Waals surface area contributed by atoms with E-state index < -0.39 is 0 Å². The van der Waals surface area contributed by atoms with Crippen LogP contribution in [-0.2, 0) is 11.3 Å². The van der Waals surface area contributed by atoms with Crippen LogP contribution in [0.5, 0.6) is 0 Å². The Labute approximate surface area is 118 Å². The maximum absolute atomic E-state index is 12.2. The summed E-state index contributed by atoms with van der Waals surface area (Å²) in [6.45, 7) is 2.46. The van der Waals surface area contributed by atoms with Gasteiger partial charge in [-0.05, 0) is 30.9 Å². The zero-order chi connectivity index (χ0) is 13.9. The average Bonchev–Trinajstić information content (AvgIpc) is 2.85. The van der Waals surface area contributed by atoms with E-state index in [1.54, 1.807) is 4.68 Å². The highest BCUT2D eigenvalue weighted by Gasteiger charge is 2.23. The van der Waals surface area contributed by atoms with Crippen molar-refractivity contribution in [1.82, 2.24) is 20.3 Å². The highest BCUT2D eigenvalue weighted by molar-refractivity contribution is 5.79. The van der Waals surface area contributed by atoms with Crippen LogP contribution in [0.2, 0.25) is 0 Å². The highest BCUT2D eigenvalue weighted by Crippen LogP contribution is 2.23. The van der Waals surface area contributed by atoms with Crippen LogP contribution in [0.15, 0.2) is 24.3 Å². The second-order valence-electron chi connectivity index (χ2n) is 5.67. The molecule has 0 aliphatic heterocycles. The third-order valence-electron chi connectivity index (χ3n) is 4.17. The molecule has 2 aromatic rings. The Morgan fingerprint density at radius 2 is 2.15 bits per heavy atom. The van der Waals surface area contributed by atoms with E-state index in [2.05, 4.69) is 22.6 Å². The van der Waals surface area contributed by atoms with Crippen LogP contribution < -0.4 is 5.32 Å². The van der Waals surface area contributed by atoms with Gasteiger partial charge >= 0.3 is 0 Å². The topological polar surface area (TPSA) is 59.8 Å². The quantitative estimate of drug-likeness (QED) is 0.931. The van der Waals surface area contributed by atoms with Crippen LogP contribution >= 0.6 is 0 Å². The van der Waals surface area contributed by atoms with E-state index in [1.165, 1.54) is 19.3 Å². The number of benzene rings is 1. The first-order valence-electron chi connectivity index (χ1n) is 7.31. The minimum atomic E-state index is 0.0272. The van der Waals surface area contributed by atoms with Crippen molar-refractivity contribution < 1.29 is 4.79 Å². The Bertz CT molecular complexity index is 607. The molecular weight excluding hydrogens is 252 g/mol. The summed E-state index contributed by atoms with van der Waals surface area (Å²) in [5.74, 6) is 0.597. The summed E-state index contributed by atoms with van der Waals surface area (Å²) >= 11 is 0. The molecule has 0 spiro atoms. The first-order valence-corrected chi connectivity index (χ1v) is 7.31. The lowest BCUT2D eigenvalue weighted by molar-refractivity contribution is -0.123. The second-order valence-corrected chi connectivity index (χ2v) is 5.67. The fraction of sp³-hybridized carbons (Fsp3) is 0.533. The van der Waals surface area contributed by atoms with E-state index in [1.807, 2.05) is 24.3 Å². The molecule has 0 radical (unpaired) electrons. The van der Waals surface area contributed by atoms with Crippen LogP contribution in [0, 0.1) is 5.92 Å². The van der Waals surface area contributed by atoms with Gasteiger partial charge in [-0.3, -0.25) is 4.79 Å². The summed E-state index contributed by atoms with van der Waals surface area (Å²) < 4.78 is 1.66. The predicted octanol–water partition coefficient (Wildman–Crippen LogP) is 2.13. The summed E-state index contributed by atoms with van der Waals surface area (Å²) in [6.07, 6.45) is 4.78. The van der Waals surface area contributed by atoms with Gasteiger partial charge in [-0.25, -0.2) is 4.68 Å². The maximum atomic E-state index is 12.2. The molecule has 5 nitrogen and oxygen atoms in total. The van der Waals surface area contributed by atoms with Gasteiger partial charge < -0.3 is 5.32 Å². The lowest BCUT2D eigenvalue weighted by Crippen LogP contribution is -2.42.